The van der Waals surface area contributed by atoms with Crippen LogP contribution in [0.5, 0.6) is 0 Å². The van der Waals surface area contributed by atoms with E-state index in [1.165, 1.54) is 54.5 Å². The van der Waals surface area contributed by atoms with Crippen molar-refractivity contribution in [1.29, 1.82) is 0 Å². The highest BCUT2D eigenvalue weighted by Crippen LogP contribution is 2.27. The van der Waals surface area contributed by atoms with Gasteiger partial charge in [0.1, 0.15) is 0 Å². The van der Waals surface area contributed by atoms with E-state index in [2.05, 4.69) is 31.0 Å². The summed E-state index contributed by atoms with van der Waals surface area (Å²) in [4.78, 5) is 8.66. The molecule has 2 rings (SSSR count). The molecule has 0 spiro atoms. The molecule has 3 nitrogen and oxygen atoms in total. The molecule has 1 aromatic heterocycles. The Hall–Kier alpha value is -0.610. The van der Waals surface area contributed by atoms with Gasteiger partial charge in [-0.2, -0.15) is 0 Å². The van der Waals surface area contributed by atoms with E-state index in [4.69, 9.17) is 4.98 Å². The lowest BCUT2D eigenvalue weighted by Gasteiger charge is -2.18. The van der Waals surface area contributed by atoms with E-state index in [1.54, 1.807) is 0 Å². The molecular formula is C15H27N3S. The van der Waals surface area contributed by atoms with Gasteiger partial charge in [-0.1, -0.05) is 26.7 Å². The highest BCUT2D eigenvalue weighted by molar-refractivity contribution is 7.15. The predicted molar refractivity (Wildman–Crippen MR) is 84.1 cm³/mol. The highest BCUT2D eigenvalue weighted by Gasteiger charge is 2.15. The number of hydrogen-bond donors (Lipinski definition) is 1. The lowest BCUT2D eigenvalue weighted by Crippen LogP contribution is -2.23. The fourth-order valence-electron chi connectivity index (χ4n) is 2.45. The molecule has 1 N–H and O–H groups in total. The predicted octanol–water partition coefficient (Wildman–Crippen LogP) is 3.58. The van der Waals surface area contributed by atoms with E-state index in [0.717, 1.165) is 13.1 Å². The van der Waals surface area contributed by atoms with Crippen LogP contribution in [0.25, 0.3) is 0 Å². The molecule has 2 heterocycles. The molecule has 0 aliphatic carbocycles. The van der Waals surface area contributed by atoms with Crippen LogP contribution in [0.15, 0.2) is 0 Å². The second-order valence-electron chi connectivity index (χ2n) is 5.93. The maximum absolute atomic E-state index is 4.78. The van der Waals surface area contributed by atoms with E-state index in [-0.39, 0.29) is 0 Å². The zero-order valence-corrected chi connectivity index (χ0v) is 13.4. The van der Waals surface area contributed by atoms with E-state index in [1.807, 2.05) is 11.3 Å². The fourth-order valence-corrected chi connectivity index (χ4v) is 3.53. The molecule has 1 aliphatic rings. The zero-order chi connectivity index (χ0) is 13.7. The summed E-state index contributed by atoms with van der Waals surface area (Å²) in [7, 11) is 0. The van der Waals surface area contributed by atoms with Gasteiger partial charge in [-0.05, 0) is 32.2 Å². The number of nitrogens with one attached hydrogen (secondary N) is 1. The fraction of sp³-hybridized carbons (Fsp3) is 0.800. The van der Waals surface area contributed by atoms with Crippen LogP contribution in [-0.4, -0.2) is 24.6 Å². The quantitative estimate of drug-likeness (QED) is 0.894. The van der Waals surface area contributed by atoms with Gasteiger partial charge in [0, 0.05) is 24.5 Å². The number of aromatic nitrogens is 1. The van der Waals surface area contributed by atoms with Crippen LogP contribution in [0.1, 0.15) is 50.1 Å². The highest BCUT2D eigenvalue weighted by atomic mass is 32.1. The third-order valence-electron chi connectivity index (χ3n) is 3.60. The van der Waals surface area contributed by atoms with Gasteiger partial charge in [0.2, 0.25) is 0 Å². The van der Waals surface area contributed by atoms with Crippen LogP contribution >= 0.6 is 11.3 Å². The first-order chi connectivity index (χ1) is 9.16. The molecule has 1 saturated heterocycles. The summed E-state index contributed by atoms with van der Waals surface area (Å²) in [6.45, 7) is 11.1. The smallest absolute Gasteiger partial charge is 0.185 e. The van der Waals surface area contributed by atoms with Gasteiger partial charge in [-0.3, -0.25) is 0 Å². The molecule has 19 heavy (non-hydrogen) atoms. The molecule has 0 bridgehead atoms. The van der Waals surface area contributed by atoms with Crippen molar-refractivity contribution in [2.45, 2.75) is 53.0 Å². The van der Waals surface area contributed by atoms with Crippen molar-refractivity contribution >= 4 is 16.5 Å². The lowest BCUT2D eigenvalue weighted by atomic mass is 10.2. The first-order valence-corrected chi connectivity index (χ1v) is 8.40. The molecule has 0 saturated carbocycles. The Kier molecular flexibility index (Phi) is 5.64. The minimum Gasteiger partial charge on any atom is -0.348 e. The Morgan fingerprint density at radius 1 is 1.21 bits per heavy atom. The number of thiazole rings is 1. The van der Waals surface area contributed by atoms with Gasteiger partial charge in [-0.15, -0.1) is 11.3 Å². The topological polar surface area (TPSA) is 28.2 Å². The lowest BCUT2D eigenvalue weighted by molar-refractivity contribution is 0.554. The Balaban J connectivity index is 1.94. The Morgan fingerprint density at radius 2 is 1.89 bits per heavy atom. The summed E-state index contributed by atoms with van der Waals surface area (Å²) >= 11 is 1.88. The summed E-state index contributed by atoms with van der Waals surface area (Å²) in [5.74, 6) is 0.707. The Morgan fingerprint density at radius 3 is 2.53 bits per heavy atom. The third-order valence-corrected chi connectivity index (χ3v) is 4.81. The SMILES string of the molecule is Cc1nc(N2CCCCCC2)sc1CNCC(C)C. The molecule has 1 fully saturated rings. The van der Waals surface area contributed by atoms with E-state index in [0.29, 0.717) is 5.92 Å². The Bertz CT molecular complexity index is 379. The standard InChI is InChI=1S/C15H27N3S/c1-12(2)10-16-11-14-13(3)17-15(19-14)18-8-6-4-5-7-9-18/h12,16H,4-11H2,1-3H3. The second kappa shape index (κ2) is 7.25. The first kappa shape index (κ1) is 14.8. The largest absolute Gasteiger partial charge is 0.348 e. The van der Waals surface area contributed by atoms with Gasteiger partial charge < -0.3 is 10.2 Å². The Labute approximate surface area is 121 Å². The van der Waals surface area contributed by atoms with Crippen molar-refractivity contribution in [3.63, 3.8) is 0 Å². The zero-order valence-electron chi connectivity index (χ0n) is 12.5. The monoisotopic (exact) mass is 281 g/mol. The van der Waals surface area contributed by atoms with Crippen molar-refractivity contribution in [3.8, 4) is 0 Å². The summed E-state index contributed by atoms with van der Waals surface area (Å²) in [6.07, 6.45) is 5.40. The number of nitrogens with zero attached hydrogens (tertiary/aromatic N) is 2. The van der Waals surface area contributed by atoms with E-state index in [9.17, 15) is 0 Å². The second-order valence-corrected chi connectivity index (χ2v) is 6.99. The summed E-state index contributed by atoms with van der Waals surface area (Å²) in [5.41, 5.74) is 1.21. The maximum atomic E-state index is 4.78. The summed E-state index contributed by atoms with van der Waals surface area (Å²) in [5, 5.41) is 4.76. The van der Waals surface area contributed by atoms with Gasteiger partial charge in [0.15, 0.2) is 5.13 Å². The molecule has 4 heteroatoms. The molecule has 0 atom stereocenters. The molecule has 0 amide bonds. The molecule has 1 aliphatic heterocycles. The molecular weight excluding hydrogens is 254 g/mol. The third kappa shape index (κ3) is 4.46. The normalized spacial score (nSPS) is 16.9. The van der Waals surface area contributed by atoms with Crippen LogP contribution in [0.2, 0.25) is 0 Å². The minimum atomic E-state index is 0.707. The van der Waals surface area contributed by atoms with Crippen LogP contribution in [0.4, 0.5) is 5.13 Å². The van der Waals surface area contributed by atoms with Crippen LogP contribution in [-0.2, 0) is 6.54 Å². The van der Waals surface area contributed by atoms with Crippen molar-refractivity contribution in [2.24, 2.45) is 5.92 Å². The number of aryl methyl sites for hydroxylation is 1. The molecule has 0 unspecified atom stereocenters. The van der Waals surface area contributed by atoms with E-state index >= 15 is 0 Å². The summed E-state index contributed by atoms with van der Waals surface area (Å²) in [6, 6.07) is 0. The van der Waals surface area contributed by atoms with Gasteiger partial charge in [-0.25, -0.2) is 4.98 Å². The van der Waals surface area contributed by atoms with Crippen LogP contribution in [0, 0.1) is 12.8 Å². The van der Waals surface area contributed by atoms with Crippen molar-refractivity contribution in [1.82, 2.24) is 10.3 Å². The van der Waals surface area contributed by atoms with E-state index < -0.39 is 0 Å². The molecule has 108 valence electrons. The number of anilines is 1. The number of hydrogen-bond acceptors (Lipinski definition) is 4. The van der Waals surface area contributed by atoms with Crippen LogP contribution in [0.3, 0.4) is 0 Å². The van der Waals surface area contributed by atoms with Gasteiger partial charge >= 0.3 is 0 Å². The van der Waals surface area contributed by atoms with Crippen molar-refractivity contribution in [3.05, 3.63) is 10.6 Å². The maximum Gasteiger partial charge on any atom is 0.185 e. The van der Waals surface area contributed by atoms with Crippen molar-refractivity contribution < 1.29 is 0 Å². The van der Waals surface area contributed by atoms with Crippen LogP contribution < -0.4 is 10.2 Å². The molecule has 1 aromatic rings. The number of rotatable bonds is 5. The molecule has 0 aromatic carbocycles. The van der Waals surface area contributed by atoms with Crippen molar-refractivity contribution in [2.75, 3.05) is 24.5 Å². The average Bonchev–Trinajstić information content (AvgIpc) is 2.60. The first-order valence-electron chi connectivity index (χ1n) is 7.59. The summed E-state index contributed by atoms with van der Waals surface area (Å²) < 4.78 is 0. The van der Waals surface area contributed by atoms with Gasteiger partial charge in [0.25, 0.3) is 0 Å². The van der Waals surface area contributed by atoms with Gasteiger partial charge in [0.05, 0.1) is 5.69 Å². The minimum absolute atomic E-state index is 0.707. The molecule has 0 radical (unpaired) electrons. The average molecular weight is 281 g/mol.